The number of halogens is 1. The van der Waals surface area contributed by atoms with Crippen LogP contribution in [0.1, 0.15) is 43.0 Å². The van der Waals surface area contributed by atoms with Gasteiger partial charge in [0.1, 0.15) is 0 Å². The lowest BCUT2D eigenvalue weighted by molar-refractivity contribution is -0.127. The molecule has 1 aromatic carbocycles. The van der Waals surface area contributed by atoms with E-state index in [2.05, 4.69) is 10.2 Å². The van der Waals surface area contributed by atoms with Crippen LogP contribution in [0.5, 0.6) is 0 Å². The molecule has 2 amide bonds. The van der Waals surface area contributed by atoms with Crippen molar-refractivity contribution < 1.29 is 9.59 Å². The number of piperazine rings is 1. The van der Waals surface area contributed by atoms with E-state index in [1.807, 2.05) is 24.0 Å². The predicted molar refractivity (Wildman–Crippen MR) is 98.8 cm³/mol. The molecule has 2 aliphatic rings. The lowest BCUT2D eigenvalue weighted by atomic mass is 10.1. The Morgan fingerprint density at radius 1 is 1.12 bits per heavy atom. The van der Waals surface area contributed by atoms with Gasteiger partial charge in [-0.15, -0.1) is 0 Å². The Kier molecular flexibility index (Phi) is 5.97. The van der Waals surface area contributed by atoms with Crippen LogP contribution in [0.2, 0.25) is 5.02 Å². The molecule has 0 radical (unpaired) electrons. The number of hydrogen-bond donors (Lipinski definition) is 1. The van der Waals surface area contributed by atoms with Crippen LogP contribution in [0.3, 0.4) is 0 Å². The Bertz CT molecular complexity index is 623. The molecule has 1 heterocycles. The number of amides is 2. The van der Waals surface area contributed by atoms with Gasteiger partial charge < -0.3 is 10.2 Å². The molecule has 1 saturated carbocycles. The van der Waals surface area contributed by atoms with Gasteiger partial charge in [0.05, 0.1) is 16.6 Å². The zero-order chi connectivity index (χ0) is 17.8. The third-order valence-corrected chi connectivity index (χ3v) is 5.66. The van der Waals surface area contributed by atoms with Crippen molar-refractivity contribution in [2.24, 2.45) is 0 Å². The molecule has 1 saturated heterocycles. The molecule has 25 heavy (non-hydrogen) atoms. The summed E-state index contributed by atoms with van der Waals surface area (Å²) >= 11 is 6.13. The van der Waals surface area contributed by atoms with Gasteiger partial charge in [0, 0.05) is 32.2 Å². The highest BCUT2D eigenvalue weighted by molar-refractivity contribution is 6.33. The molecule has 136 valence electrons. The van der Waals surface area contributed by atoms with Gasteiger partial charge >= 0.3 is 0 Å². The third kappa shape index (κ3) is 4.33. The second-order valence-electron chi connectivity index (χ2n) is 6.97. The molecule has 3 rings (SSSR count). The van der Waals surface area contributed by atoms with E-state index in [1.54, 1.807) is 12.1 Å². The first-order valence-electron chi connectivity index (χ1n) is 9.14. The maximum absolute atomic E-state index is 12.6. The van der Waals surface area contributed by atoms with Crippen LogP contribution in [0.15, 0.2) is 24.3 Å². The normalized spacial score (nSPS) is 20.5. The molecular weight excluding hydrogens is 338 g/mol. The van der Waals surface area contributed by atoms with Crippen molar-refractivity contribution in [2.45, 2.75) is 44.7 Å². The largest absolute Gasteiger partial charge is 0.352 e. The van der Waals surface area contributed by atoms with Crippen molar-refractivity contribution in [1.82, 2.24) is 15.1 Å². The minimum atomic E-state index is -0.154. The highest BCUT2D eigenvalue weighted by Crippen LogP contribution is 2.20. The van der Waals surface area contributed by atoms with Crippen molar-refractivity contribution in [3.63, 3.8) is 0 Å². The summed E-state index contributed by atoms with van der Waals surface area (Å²) < 4.78 is 0. The van der Waals surface area contributed by atoms with E-state index in [4.69, 9.17) is 11.6 Å². The van der Waals surface area contributed by atoms with Crippen molar-refractivity contribution in [2.75, 3.05) is 26.2 Å². The predicted octanol–water partition coefficient (Wildman–Crippen LogP) is 2.55. The fraction of sp³-hybridized carbons (Fsp3) is 0.579. The first kappa shape index (κ1) is 18.2. The average Bonchev–Trinajstić information content (AvgIpc) is 3.14. The minimum absolute atomic E-state index is 0.0340. The Morgan fingerprint density at radius 2 is 1.76 bits per heavy atom. The molecule has 1 aliphatic carbocycles. The van der Waals surface area contributed by atoms with Crippen LogP contribution in [0, 0.1) is 0 Å². The lowest BCUT2D eigenvalue weighted by Crippen LogP contribution is -2.55. The second kappa shape index (κ2) is 8.19. The van der Waals surface area contributed by atoms with E-state index < -0.39 is 0 Å². The number of carbonyl (C=O) groups excluding carboxylic acids is 2. The number of rotatable bonds is 4. The molecule has 0 spiro atoms. The van der Waals surface area contributed by atoms with Crippen molar-refractivity contribution in [1.29, 1.82) is 0 Å². The van der Waals surface area contributed by atoms with Gasteiger partial charge in [0.2, 0.25) is 5.91 Å². The smallest absolute Gasteiger partial charge is 0.255 e. The molecule has 1 atom stereocenters. The van der Waals surface area contributed by atoms with E-state index in [9.17, 15) is 9.59 Å². The second-order valence-corrected chi connectivity index (χ2v) is 7.38. The standard InChI is InChI=1S/C19H26ClN3O2/c1-14(18(24)21-15-6-2-3-7-15)22-10-12-23(13-11-22)19(25)16-8-4-5-9-17(16)20/h4-5,8-9,14-15H,2-3,6-7,10-13H2,1H3,(H,21,24)/t14-/m1/s1. The van der Waals surface area contributed by atoms with Crippen LogP contribution in [-0.4, -0.2) is 59.9 Å². The van der Waals surface area contributed by atoms with Crippen molar-refractivity contribution in [3.05, 3.63) is 34.9 Å². The number of nitrogens with zero attached hydrogens (tertiary/aromatic N) is 2. The Morgan fingerprint density at radius 3 is 2.40 bits per heavy atom. The van der Waals surface area contributed by atoms with Gasteiger partial charge in [-0.1, -0.05) is 36.6 Å². The fourth-order valence-corrected chi connectivity index (χ4v) is 3.89. The summed E-state index contributed by atoms with van der Waals surface area (Å²) in [5, 5.41) is 3.65. The minimum Gasteiger partial charge on any atom is -0.352 e. The SMILES string of the molecule is C[C@H](C(=O)NC1CCCC1)N1CCN(C(=O)c2ccccc2Cl)CC1. The van der Waals surface area contributed by atoms with E-state index in [1.165, 1.54) is 12.8 Å². The maximum atomic E-state index is 12.6. The van der Waals surface area contributed by atoms with E-state index >= 15 is 0 Å². The first-order chi connectivity index (χ1) is 12.1. The molecule has 0 bridgehead atoms. The summed E-state index contributed by atoms with van der Waals surface area (Å²) in [4.78, 5) is 29.0. The Hall–Kier alpha value is -1.59. The summed E-state index contributed by atoms with van der Waals surface area (Å²) in [6, 6.07) is 7.33. The van der Waals surface area contributed by atoms with Gasteiger partial charge in [-0.2, -0.15) is 0 Å². The lowest BCUT2D eigenvalue weighted by Gasteiger charge is -2.37. The highest BCUT2D eigenvalue weighted by atomic mass is 35.5. The van der Waals surface area contributed by atoms with Gasteiger partial charge in [0.15, 0.2) is 0 Å². The number of carbonyl (C=O) groups is 2. The van der Waals surface area contributed by atoms with Gasteiger partial charge in [-0.05, 0) is 31.9 Å². The van der Waals surface area contributed by atoms with Crippen molar-refractivity contribution in [3.8, 4) is 0 Å². The number of benzene rings is 1. The zero-order valence-electron chi connectivity index (χ0n) is 14.7. The molecule has 2 fully saturated rings. The third-order valence-electron chi connectivity index (χ3n) is 5.33. The van der Waals surface area contributed by atoms with Crippen LogP contribution < -0.4 is 5.32 Å². The summed E-state index contributed by atoms with van der Waals surface area (Å²) in [6.45, 7) is 4.59. The van der Waals surface area contributed by atoms with Gasteiger partial charge in [0.25, 0.3) is 5.91 Å². The van der Waals surface area contributed by atoms with Crippen molar-refractivity contribution >= 4 is 23.4 Å². The van der Waals surface area contributed by atoms with Crippen LogP contribution in [0.4, 0.5) is 0 Å². The highest BCUT2D eigenvalue weighted by Gasteiger charge is 2.29. The Labute approximate surface area is 154 Å². The summed E-state index contributed by atoms with van der Waals surface area (Å²) in [7, 11) is 0. The summed E-state index contributed by atoms with van der Waals surface area (Å²) in [5.41, 5.74) is 0.546. The molecule has 5 nitrogen and oxygen atoms in total. The molecule has 0 unspecified atom stereocenters. The number of hydrogen-bond acceptors (Lipinski definition) is 3. The molecule has 1 aromatic rings. The fourth-order valence-electron chi connectivity index (χ4n) is 3.68. The molecule has 1 N–H and O–H groups in total. The van der Waals surface area contributed by atoms with Crippen LogP contribution in [0.25, 0.3) is 0 Å². The van der Waals surface area contributed by atoms with E-state index in [0.29, 0.717) is 42.8 Å². The summed E-state index contributed by atoms with van der Waals surface area (Å²) in [5.74, 6) is 0.0751. The monoisotopic (exact) mass is 363 g/mol. The molecule has 0 aromatic heterocycles. The first-order valence-corrected chi connectivity index (χ1v) is 9.52. The van der Waals surface area contributed by atoms with Crippen LogP contribution >= 0.6 is 11.6 Å². The van der Waals surface area contributed by atoms with Gasteiger partial charge in [-0.3, -0.25) is 14.5 Å². The molecule has 6 heteroatoms. The Balaban J connectivity index is 1.51. The van der Waals surface area contributed by atoms with Crippen LogP contribution in [-0.2, 0) is 4.79 Å². The zero-order valence-corrected chi connectivity index (χ0v) is 15.5. The molecular formula is C19H26ClN3O2. The maximum Gasteiger partial charge on any atom is 0.255 e. The van der Waals surface area contributed by atoms with E-state index in [-0.39, 0.29) is 17.9 Å². The quantitative estimate of drug-likeness (QED) is 0.894. The number of nitrogens with one attached hydrogen (secondary N) is 1. The van der Waals surface area contributed by atoms with Gasteiger partial charge in [-0.25, -0.2) is 0 Å². The van der Waals surface area contributed by atoms with E-state index in [0.717, 1.165) is 12.8 Å². The molecule has 1 aliphatic heterocycles. The topological polar surface area (TPSA) is 52.7 Å². The average molecular weight is 364 g/mol. The summed E-state index contributed by atoms with van der Waals surface area (Å²) in [6.07, 6.45) is 4.61.